The van der Waals surface area contributed by atoms with Crippen molar-refractivity contribution in [3.05, 3.63) is 82.4 Å². The maximum Gasteiger partial charge on any atom is 0.194 e. The summed E-state index contributed by atoms with van der Waals surface area (Å²) in [5.41, 5.74) is 1.78. The molecule has 0 unspecified atom stereocenters. The van der Waals surface area contributed by atoms with E-state index in [1.807, 2.05) is 18.2 Å². The summed E-state index contributed by atoms with van der Waals surface area (Å²) in [5.74, 6) is -4.33. The van der Waals surface area contributed by atoms with Crippen LogP contribution >= 0.6 is 0 Å². The Kier molecular flexibility index (Phi) is 10.6. The second-order valence-electron chi connectivity index (χ2n) is 10.0. The van der Waals surface area contributed by atoms with Gasteiger partial charge in [0.15, 0.2) is 23.7 Å². The maximum atomic E-state index is 15.1. The Morgan fingerprint density at radius 1 is 0.763 bits per heavy atom. The second kappa shape index (κ2) is 14.1. The molecule has 38 heavy (non-hydrogen) atoms. The molecular formula is C31H36F4O3. The molecule has 4 rings (SSSR count). The molecule has 7 heteroatoms. The topological polar surface area (TPSA) is 27.7 Å². The zero-order valence-electron chi connectivity index (χ0n) is 21.9. The van der Waals surface area contributed by atoms with E-state index in [9.17, 15) is 13.2 Å². The van der Waals surface area contributed by atoms with Crippen LogP contribution < -0.4 is 0 Å². The van der Waals surface area contributed by atoms with E-state index in [4.69, 9.17) is 14.2 Å². The number of halogens is 4. The standard InChI is InChI=1S/C31H36F4O3/c1-2-3-4-5-6-15-36-25-19-37-29(38-20-25)14-9-21-8-13-26-24(16-21)12-11-23(30(26)34)10-7-22-17-27(32)31(35)28(33)18-22/h8,11-13,16-18,25,29H,2-7,9-10,14-15,19-20H2,1H3. The van der Waals surface area contributed by atoms with Crippen molar-refractivity contribution in [3.8, 4) is 0 Å². The average molecular weight is 533 g/mol. The lowest BCUT2D eigenvalue weighted by Crippen LogP contribution is -2.37. The molecule has 3 aromatic rings. The molecule has 3 aromatic carbocycles. The van der Waals surface area contributed by atoms with Crippen molar-refractivity contribution in [2.45, 2.75) is 77.1 Å². The summed E-state index contributed by atoms with van der Waals surface area (Å²) in [4.78, 5) is 0. The highest BCUT2D eigenvalue weighted by Gasteiger charge is 2.22. The molecule has 0 spiro atoms. The zero-order valence-corrected chi connectivity index (χ0v) is 21.9. The fourth-order valence-electron chi connectivity index (χ4n) is 4.79. The van der Waals surface area contributed by atoms with E-state index in [2.05, 4.69) is 6.92 Å². The second-order valence-corrected chi connectivity index (χ2v) is 10.0. The minimum Gasteiger partial charge on any atom is -0.373 e. The Bertz CT molecular complexity index is 1170. The van der Waals surface area contributed by atoms with Crippen LogP contribution in [-0.4, -0.2) is 32.2 Å². The molecule has 1 saturated heterocycles. The number of unbranched alkanes of at least 4 members (excludes halogenated alkanes) is 4. The smallest absolute Gasteiger partial charge is 0.194 e. The maximum absolute atomic E-state index is 15.1. The summed E-state index contributed by atoms with van der Waals surface area (Å²) in [5, 5.41) is 1.27. The van der Waals surface area contributed by atoms with E-state index >= 15 is 4.39 Å². The predicted octanol–water partition coefficient (Wildman–Crippen LogP) is 7.84. The number of benzene rings is 3. The van der Waals surface area contributed by atoms with Gasteiger partial charge in [0.25, 0.3) is 0 Å². The number of ether oxygens (including phenoxy) is 3. The molecule has 0 amide bonds. The Labute approximate surface area is 222 Å². The molecule has 1 aliphatic heterocycles. The van der Waals surface area contributed by atoms with E-state index in [1.54, 1.807) is 12.1 Å². The Morgan fingerprint density at radius 3 is 2.24 bits per heavy atom. The molecule has 1 heterocycles. The van der Waals surface area contributed by atoms with Gasteiger partial charge in [-0.25, -0.2) is 17.6 Å². The minimum atomic E-state index is -1.50. The Balaban J connectivity index is 1.24. The molecule has 1 aliphatic rings. The molecule has 206 valence electrons. The lowest BCUT2D eigenvalue weighted by molar-refractivity contribution is -0.227. The van der Waals surface area contributed by atoms with Crippen LogP contribution in [0.2, 0.25) is 0 Å². The third-order valence-electron chi connectivity index (χ3n) is 7.03. The van der Waals surface area contributed by atoms with Crippen LogP contribution in [0.1, 0.15) is 62.1 Å². The predicted molar refractivity (Wildman–Crippen MR) is 140 cm³/mol. The van der Waals surface area contributed by atoms with Gasteiger partial charge < -0.3 is 14.2 Å². The van der Waals surface area contributed by atoms with E-state index < -0.39 is 17.5 Å². The van der Waals surface area contributed by atoms with Crippen molar-refractivity contribution in [2.24, 2.45) is 0 Å². The summed E-state index contributed by atoms with van der Waals surface area (Å²) >= 11 is 0. The summed E-state index contributed by atoms with van der Waals surface area (Å²) in [6, 6.07) is 11.1. The van der Waals surface area contributed by atoms with Gasteiger partial charge in [-0.3, -0.25) is 0 Å². The van der Waals surface area contributed by atoms with Crippen LogP contribution in [0.25, 0.3) is 10.8 Å². The molecule has 0 radical (unpaired) electrons. The Hall–Kier alpha value is -2.48. The van der Waals surface area contributed by atoms with Gasteiger partial charge in [-0.2, -0.15) is 0 Å². The van der Waals surface area contributed by atoms with Gasteiger partial charge in [-0.05, 0) is 59.9 Å². The van der Waals surface area contributed by atoms with Gasteiger partial charge in [0, 0.05) is 18.4 Å². The fourth-order valence-corrected chi connectivity index (χ4v) is 4.79. The molecule has 1 fully saturated rings. The first-order valence-corrected chi connectivity index (χ1v) is 13.6. The molecule has 0 bridgehead atoms. The molecule has 0 aromatic heterocycles. The van der Waals surface area contributed by atoms with Gasteiger partial charge in [-0.1, -0.05) is 62.9 Å². The van der Waals surface area contributed by atoms with Crippen LogP contribution in [0.4, 0.5) is 17.6 Å². The van der Waals surface area contributed by atoms with Crippen molar-refractivity contribution in [2.75, 3.05) is 19.8 Å². The molecule has 3 nitrogen and oxygen atoms in total. The number of fused-ring (bicyclic) bond motifs is 1. The number of rotatable bonds is 13. The molecular weight excluding hydrogens is 496 g/mol. The quantitative estimate of drug-likeness (QED) is 0.128. The van der Waals surface area contributed by atoms with Crippen molar-refractivity contribution in [1.29, 1.82) is 0 Å². The Morgan fingerprint density at radius 2 is 1.50 bits per heavy atom. The molecule has 0 saturated carbocycles. The minimum absolute atomic E-state index is 0.0173. The van der Waals surface area contributed by atoms with Gasteiger partial charge >= 0.3 is 0 Å². The summed E-state index contributed by atoms with van der Waals surface area (Å²) in [6.45, 7) is 4.01. The summed E-state index contributed by atoms with van der Waals surface area (Å²) in [6.07, 6.45) is 7.59. The van der Waals surface area contributed by atoms with Crippen LogP contribution in [-0.2, 0) is 33.5 Å². The fraction of sp³-hybridized carbons (Fsp3) is 0.484. The van der Waals surface area contributed by atoms with Gasteiger partial charge in [0.2, 0.25) is 0 Å². The van der Waals surface area contributed by atoms with Gasteiger partial charge in [0.05, 0.1) is 13.2 Å². The zero-order chi connectivity index (χ0) is 26.9. The highest BCUT2D eigenvalue weighted by Crippen LogP contribution is 2.25. The summed E-state index contributed by atoms with van der Waals surface area (Å²) in [7, 11) is 0. The van der Waals surface area contributed by atoms with Crippen molar-refractivity contribution < 1.29 is 31.8 Å². The first-order valence-electron chi connectivity index (χ1n) is 13.6. The normalized spacial score (nSPS) is 17.8. The third-order valence-corrected chi connectivity index (χ3v) is 7.03. The molecule has 0 aliphatic carbocycles. The lowest BCUT2D eigenvalue weighted by atomic mass is 9.98. The number of hydrogen-bond donors (Lipinski definition) is 0. The first kappa shape index (κ1) is 28.5. The molecule has 0 N–H and O–H groups in total. The number of hydrogen-bond acceptors (Lipinski definition) is 3. The lowest BCUT2D eigenvalue weighted by Gasteiger charge is -2.29. The highest BCUT2D eigenvalue weighted by molar-refractivity contribution is 5.84. The first-order chi connectivity index (χ1) is 18.4. The number of aryl methyl sites for hydroxylation is 3. The van der Waals surface area contributed by atoms with Crippen LogP contribution in [0, 0.1) is 23.3 Å². The van der Waals surface area contributed by atoms with Crippen molar-refractivity contribution in [3.63, 3.8) is 0 Å². The molecule has 0 atom stereocenters. The van der Waals surface area contributed by atoms with Crippen molar-refractivity contribution in [1.82, 2.24) is 0 Å². The summed E-state index contributed by atoms with van der Waals surface area (Å²) < 4.78 is 72.8. The van der Waals surface area contributed by atoms with Crippen molar-refractivity contribution >= 4 is 10.8 Å². The van der Waals surface area contributed by atoms with E-state index in [0.717, 1.165) is 42.5 Å². The third kappa shape index (κ3) is 7.78. The SMILES string of the molecule is CCCCCCCOC1COC(CCc2ccc3c(F)c(CCc4cc(F)c(F)c(F)c4)ccc3c2)OC1. The average Bonchev–Trinajstić information content (AvgIpc) is 2.92. The van der Waals surface area contributed by atoms with E-state index in [-0.39, 0.29) is 36.6 Å². The largest absolute Gasteiger partial charge is 0.373 e. The van der Waals surface area contributed by atoms with Gasteiger partial charge in [-0.15, -0.1) is 0 Å². The van der Waals surface area contributed by atoms with Gasteiger partial charge in [0.1, 0.15) is 11.9 Å². The monoisotopic (exact) mass is 532 g/mol. The van der Waals surface area contributed by atoms with E-state index in [1.165, 1.54) is 25.7 Å². The highest BCUT2D eigenvalue weighted by atomic mass is 19.2. The van der Waals surface area contributed by atoms with E-state index in [0.29, 0.717) is 30.6 Å². The van der Waals surface area contributed by atoms with Crippen LogP contribution in [0.15, 0.2) is 42.5 Å². The van der Waals surface area contributed by atoms with Crippen LogP contribution in [0.5, 0.6) is 0 Å². The van der Waals surface area contributed by atoms with Crippen LogP contribution in [0.3, 0.4) is 0 Å².